The fraction of sp³-hybridized carbons (Fsp3) is 0.593. The molecule has 1 aromatic carbocycles. The summed E-state index contributed by atoms with van der Waals surface area (Å²) in [5.74, 6) is 0.614. The lowest BCUT2D eigenvalue weighted by Gasteiger charge is -2.37. The molecule has 2 aliphatic heterocycles. The highest BCUT2D eigenvalue weighted by molar-refractivity contribution is 5.74. The highest BCUT2D eigenvalue weighted by Crippen LogP contribution is 2.22. The number of carbonyl (C=O) groups is 1. The van der Waals surface area contributed by atoms with Crippen LogP contribution in [0.15, 0.2) is 35.1 Å². The van der Waals surface area contributed by atoms with E-state index < -0.39 is 0 Å². The molecule has 2 saturated heterocycles. The molecular formula is C27H39N7O2. The van der Waals surface area contributed by atoms with E-state index in [2.05, 4.69) is 56.2 Å². The number of aryl methyl sites for hydroxylation is 1. The molecule has 2 aromatic rings. The molecule has 3 fully saturated rings. The first-order chi connectivity index (χ1) is 17.5. The first-order valence-corrected chi connectivity index (χ1v) is 13.5. The fourth-order valence-corrected chi connectivity index (χ4v) is 5.65. The number of anilines is 2. The number of carbonyl (C=O) groups excluding carboxylic acids is 1. The Hall–Kier alpha value is -3.07. The van der Waals surface area contributed by atoms with Gasteiger partial charge in [-0.2, -0.15) is 0 Å². The minimum atomic E-state index is -0.119. The second kappa shape index (κ2) is 11.3. The number of urea groups is 1. The summed E-state index contributed by atoms with van der Waals surface area (Å²) in [5.41, 5.74) is 3.29. The van der Waals surface area contributed by atoms with Crippen LogP contribution in [0.3, 0.4) is 0 Å². The summed E-state index contributed by atoms with van der Waals surface area (Å²) >= 11 is 0. The molecule has 9 heteroatoms. The second-order valence-electron chi connectivity index (χ2n) is 10.4. The third-order valence-electron chi connectivity index (χ3n) is 7.80. The number of aromatic nitrogens is 2. The number of piperazine rings is 2. The van der Waals surface area contributed by atoms with Crippen molar-refractivity contribution in [1.82, 2.24) is 25.1 Å². The molecule has 194 valence electrons. The number of nitrogens with zero attached hydrogens (tertiary/aromatic N) is 5. The van der Waals surface area contributed by atoms with Crippen LogP contribution in [0, 0.1) is 6.92 Å². The van der Waals surface area contributed by atoms with Crippen molar-refractivity contribution in [2.24, 2.45) is 0 Å². The third kappa shape index (κ3) is 6.00. The molecule has 9 nitrogen and oxygen atoms in total. The van der Waals surface area contributed by atoms with Crippen molar-refractivity contribution < 1.29 is 4.79 Å². The highest BCUT2D eigenvalue weighted by Gasteiger charge is 2.25. The number of nitrogens with one attached hydrogen (secondary N) is 2. The van der Waals surface area contributed by atoms with Gasteiger partial charge in [0, 0.05) is 76.7 Å². The molecule has 1 aliphatic carbocycles. The Kier molecular flexibility index (Phi) is 7.75. The van der Waals surface area contributed by atoms with E-state index in [1.54, 1.807) is 6.07 Å². The van der Waals surface area contributed by atoms with Crippen LogP contribution in [0.2, 0.25) is 0 Å². The second-order valence-corrected chi connectivity index (χ2v) is 10.4. The number of hydrogen-bond acceptors (Lipinski definition) is 6. The van der Waals surface area contributed by atoms with Gasteiger partial charge in [0.15, 0.2) is 0 Å². The lowest BCUT2D eigenvalue weighted by Crippen LogP contribution is -2.54. The zero-order valence-corrected chi connectivity index (χ0v) is 21.4. The molecule has 3 heterocycles. The van der Waals surface area contributed by atoms with Crippen molar-refractivity contribution in [3.05, 3.63) is 51.9 Å². The van der Waals surface area contributed by atoms with E-state index in [4.69, 9.17) is 4.98 Å². The quantitative estimate of drug-likeness (QED) is 0.666. The van der Waals surface area contributed by atoms with Crippen LogP contribution in [0.25, 0.3) is 0 Å². The first-order valence-electron chi connectivity index (χ1n) is 13.5. The van der Waals surface area contributed by atoms with Gasteiger partial charge >= 0.3 is 6.03 Å². The van der Waals surface area contributed by atoms with E-state index >= 15 is 0 Å². The maximum Gasteiger partial charge on any atom is 0.317 e. The number of rotatable bonds is 5. The molecule has 0 unspecified atom stereocenters. The average molecular weight is 494 g/mol. The molecule has 0 atom stereocenters. The zero-order chi connectivity index (χ0) is 24.9. The van der Waals surface area contributed by atoms with Gasteiger partial charge in [-0.05, 0) is 31.4 Å². The molecule has 3 aliphatic rings. The van der Waals surface area contributed by atoms with Gasteiger partial charge in [0.25, 0.3) is 5.56 Å². The first kappa shape index (κ1) is 24.6. The van der Waals surface area contributed by atoms with Crippen LogP contribution < -0.4 is 20.7 Å². The Morgan fingerprint density at radius 1 is 0.972 bits per heavy atom. The standard InChI is InChI=1S/C27H39N7O2/c1-21-7-5-6-10-24(21)32-13-11-31(12-14-32)20-23-19-25(35)30-26(28-23)33-15-17-34(18-16-33)27(36)29-22-8-3-2-4-9-22/h5-7,10,19,22H,2-4,8-9,11-18,20H2,1H3,(H,29,36)(H,28,30,35). The van der Waals surface area contributed by atoms with Crippen molar-refractivity contribution in [2.45, 2.75) is 51.6 Å². The Morgan fingerprint density at radius 2 is 1.67 bits per heavy atom. The van der Waals surface area contributed by atoms with Crippen molar-refractivity contribution in [3.8, 4) is 0 Å². The zero-order valence-electron chi connectivity index (χ0n) is 21.4. The van der Waals surface area contributed by atoms with Crippen LogP contribution in [-0.4, -0.2) is 84.2 Å². The predicted molar refractivity (Wildman–Crippen MR) is 143 cm³/mol. The number of H-pyrrole nitrogens is 1. The van der Waals surface area contributed by atoms with Crippen molar-refractivity contribution in [2.75, 3.05) is 62.2 Å². The predicted octanol–water partition coefficient (Wildman–Crippen LogP) is 2.56. The van der Waals surface area contributed by atoms with Crippen LogP contribution in [0.4, 0.5) is 16.4 Å². The summed E-state index contributed by atoms with van der Waals surface area (Å²) in [4.78, 5) is 41.6. The number of amides is 2. The Balaban J connectivity index is 1.13. The van der Waals surface area contributed by atoms with Gasteiger partial charge in [0.05, 0.1) is 5.69 Å². The summed E-state index contributed by atoms with van der Waals surface area (Å²) < 4.78 is 0. The molecule has 1 saturated carbocycles. The van der Waals surface area contributed by atoms with Crippen molar-refractivity contribution >= 4 is 17.7 Å². The van der Waals surface area contributed by atoms with E-state index in [0.717, 1.165) is 44.7 Å². The van der Waals surface area contributed by atoms with Gasteiger partial charge in [-0.3, -0.25) is 14.7 Å². The highest BCUT2D eigenvalue weighted by atomic mass is 16.2. The van der Waals surface area contributed by atoms with Gasteiger partial charge in [-0.25, -0.2) is 9.78 Å². The SMILES string of the molecule is Cc1ccccc1N1CCN(Cc2cc(=O)[nH]c(N3CCN(C(=O)NC4CCCCC4)CC3)n2)CC1. The number of hydrogen-bond donors (Lipinski definition) is 2. The number of para-hydroxylation sites is 1. The Labute approximate surface area is 213 Å². The number of aromatic amines is 1. The Morgan fingerprint density at radius 3 is 2.39 bits per heavy atom. The summed E-state index contributed by atoms with van der Waals surface area (Å²) in [6.45, 7) is 9.23. The van der Waals surface area contributed by atoms with Crippen LogP contribution in [0.5, 0.6) is 0 Å². The smallest absolute Gasteiger partial charge is 0.317 e. The molecule has 0 bridgehead atoms. The number of benzene rings is 1. The summed E-state index contributed by atoms with van der Waals surface area (Å²) in [6, 6.07) is 10.5. The van der Waals surface area contributed by atoms with E-state index in [9.17, 15) is 9.59 Å². The van der Waals surface area contributed by atoms with Gasteiger partial charge < -0.3 is 20.0 Å². The van der Waals surface area contributed by atoms with E-state index in [-0.39, 0.29) is 11.6 Å². The summed E-state index contributed by atoms with van der Waals surface area (Å²) in [6.07, 6.45) is 5.86. The molecular weight excluding hydrogens is 454 g/mol. The molecule has 2 amide bonds. The fourth-order valence-electron chi connectivity index (χ4n) is 5.65. The minimum Gasteiger partial charge on any atom is -0.369 e. The van der Waals surface area contributed by atoms with Gasteiger partial charge in [-0.15, -0.1) is 0 Å². The average Bonchev–Trinajstić information content (AvgIpc) is 2.90. The molecule has 0 spiro atoms. The largest absolute Gasteiger partial charge is 0.369 e. The van der Waals surface area contributed by atoms with Crippen molar-refractivity contribution in [1.29, 1.82) is 0 Å². The van der Waals surface area contributed by atoms with Gasteiger partial charge in [-0.1, -0.05) is 37.5 Å². The normalized spacial score (nSPS) is 20.0. The lowest BCUT2D eigenvalue weighted by molar-refractivity contribution is 0.186. The maximum absolute atomic E-state index is 12.7. The molecule has 5 rings (SSSR count). The molecule has 1 aromatic heterocycles. The van der Waals surface area contributed by atoms with Gasteiger partial charge in [0.2, 0.25) is 5.95 Å². The lowest BCUT2D eigenvalue weighted by atomic mass is 9.96. The van der Waals surface area contributed by atoms with Gasteiger partial charge in [0.1, 0.15) is 0 Å². The van der Waals surface area contributed by atoms with E-state index in [1.807, 2.05) is 4.90 Å². The maximum atomic E-state index is 12.7. The Bertz CT molecular complexity index is 1080. The molecule has 0 radical (unpaired) electrons. The van der Waals surface area contributed by atoms with E-state index in [0.29, 0.717) is 44.7 Å². The summed E-state index contributed by atoms with van der Waals surface area (Å²) in [5, 5.41) is 3.21. The summed E-state index contributed by atoms with van der Waals surface area (Å²) in [7, 11) is 0. The monoisotopic (exact) mass is 493 g/mol. The van der Waals surface area contributed by atoms with Crippen LogP contribution in [0.1, 0.15) is 43.4 Å². The molecule has 36 heavy (non-hydrogen) atoms. The topological polar surface area (TPSA) is 87.8 Å². The van der Waals surface area contributed by atoms with Crippen LogP contribution >= 0.6 is 0 Å². The molecule has 2 N–H and O–H groups in total. The van der Waals surface area contributed by atoms with Crippen LogP contribution in [-0.2, 0) is 6.54 Å². The third-order valence-corrected chi connectivity index (χ3v) is 7.80. The minimum absolute atomic E-state index is 0.0431. The van der Waals surface area contributed by atoms with Crippen molar-refractivity contribution in [3.63, 3.8) is 0 Å². The van der Waals surface area contributed by atoms with E-state index in [1.165, 1.54) is 30.5 Å².